The Hall–Kier alpha value is -1.54. The highest BCUT2D eigenvalue weighted by atomic mass is 32.2. The van der Waals surface area contributed by atoms with Gasteiger partial charge in [0.05, 0.1) is 0 Å². The van der Waals surface area contributed by atoms with E-state index in [2.05, 4.69) is 31.2 Å². The molecule has 2 aromatic rings. The molecule has 2 aromatic carbocycles. The quantitative estimate of drug-likeness (QED) is 0.592. The van der Waals surface area contributed by atoms with Crippen LogP contribution in [0, 0.1) is 6.92 Å². The highest BCUT2D eigenvalue weighted by Gasteiger charge is 2.00. The van der Waals surface area contributed by atoms with E-state index < -0.39 is 0 Å². The zero-order valence-corrected chi connectivity index (χ0v) is 11.5. The van der Waals surface area contributed by atoms with Crippen LogP contribution in [0.3, 0.4) is 0 Å². The van der Waals surface area contributed by atoms with E-state index in [0.717, 1.165) is 11.3 Å². The Morgan fingerprint density at radius 3 is 2.44 bits per heavy atom. The van der Waals surface area contributed by atoms with E-state index in [1.165, 1.54) is 16.0 Å². The SMILES string of the molecule is CC(=O)c1ccc(SCc2cccc(C)c2)cc1. The molecule has 0 amide bonds. The second kappa shape index (κ2) is 5.87. The lowest BCUT2D eigenvalue weighted by molar-refractivity contribution is 0.101. The van der Waals surface area contributed by atoms with Gasteiger partial charge < -0.3 is 0 Å². The Bertz CT molecular complexity index is 543. The van der Waals surface area contributed by atoms with Crippen molar-refractivity contribution in [3.63, 3.8) is 0 Å². The fourth-order valence-corrected chi connectivity index (χ4v) is 2.60. The summed E-state index contributed by atoms with van der Waals surface area (Å²) >= 11 is 1.79. The van der Waals surface area contributed by atoms with Gasteiger partial charge in [-0.1, -0.05) is 42.0 Å². The zero-order chi connectivity index (χ0) is 13.0. The van der Waals surface area contributed by atoms with Crippen LogP contribution in [-0.4, -0.2) is 5.78 Å². The first-order valence-electron chi connectivity index (χ1n) is 5.94. The molecule has 0 saturated carbocycles. The molecule has 0 aliphatic rings. The first-order chi connectivity index (χ1) is 8.65. The summed E-state index contributed by atoms with van der Waals surface area (Å²) in [5.74, 6) is 1.08. The summed E-state index contributed by atoms with van der Waals surface area (Å²) < 4.78 is 0. The van der Waals surface area contributed by atoms with Crippen molar-refractivity contribution in [3.05, 3.63) is 65.2 Å². The average Bonchev–Trinajstić information content (AvgIpc) is 2.37. The first kappa shape index (κ1) is 12.9. The fourth-order valence-electron chi connectivity index (χ4n) is 1.75. The second-order valence-electron chi connectivity index (χ2n) is 4.36. The number of rotatable bonds is 4. The molecule has 18 heavy (non-hydrogen) atoms. The van der Waals surface area contributed by atoms with Crippen molar-refractivity contribution in [3.8, 4) is 0 Å². The maximum atomic E-state index is 11.2. The van der Waals surface area contributed by atoms with Gasteiger partial charge in [0.2, 0.25) is 0 Å². The fraction of sp³-hybridized carbons (Fsp3) is 0.188. The van der Waals surface area contributed by atoms with E-state index in [1.54, 1.807) is 18.7 Å². The number of Topliss-reactive ketones (excluding diaryl/α,β-unsaturated/α-hetero) is 1. The molecular weight excluding hydrogens is 240 g/mol. The molecule has 0 spiro atoms. The number of hydrogen-bond acceptors (Lipinski definition) is 2. The molecular formula is C16H16OS. The van der Waals surface area contributed by atoms with Crippen LogP contribution < -0.4 is 0 Å². The Labute approximate surface area is 112 Å². The zero-order valence-electron chi connectivity index (χ0n) is 10.6. The van der Waals surface area contributed by atoms with Gasteiger partial charge in [-0.05, 0) is 31.5 Å². The standard InChI is InChI=1S/C16H16OS/c1-12-4-3-5-14(10-12)11-18-16-8-6-15(7-9-16)13(2)17/h3-10H,11H2,1-2H3. The molecule has 2 rings (SSSR count). The predicted octanol–water partition coefficient (Wildman–Crippen LogP) is 4.49. The van der Waals surface area contributed by atoms with Crippen molar-refractivity contribution >= 4 is 17.5 Å². The minimum Gasteiger partial charge on any atom is -0.295 e. The third kappa shape index (κ3) is 3.47. The number of aryl methyl sites for hydroxylation is 1. The molecule has 92 valence electrons. The highest BCUT2D eigenvalue weighted by Crippen LogP contribution is 2.23. The molecule has 0 aliphatic carbocycles. The summed E-state index contributed by atoms with van der Waals surface area (Å²) in [5.41, 5.74) is 3.39. The number of carbonyl (C=O) groups is 1. The van der Waals surface area contributed by atoms with Gasteiger partial charge >= 0.3 is 0 Å². The molecule has 0 heterocycles. The van der Waals surface area contributed by atoms with E-state index in [9.17, 15) is 4.79 Å². The van der Waals surface area contributed by atoms with Gasteiger partial charge in [0, 0.05) is 16.2 Å². The number of benzene rings is 2. The summed E-state index contributed by atoms with van der Waals surface area (Å²) in [5, 5.41) is 0. The van der Waals surface area contributed by atoms with Crippen LogP contribution in [-0.2, 0) is 5.75 Å². The predicted molar refractivity (Wildman–Crippen MR) is 77.2 cm³/mol. The van der Waals surface area contributed by atoms with Gasteiger partial charge in [0.15, 0.2) is 5.78 Å². The minimum absolute atomic E-state index is 0.116. The third-order valence-electron chi connectivity index (χ3n) is 2.75. The van der Waals surface area contributed by atoms with Crippen molar-refractivity contribution in [1.29, 1.82) is 0 Å². The number of hydrogen-bond donors (Lipinski definition) is 0. The van der Waals surface area contributed by atoms with E-state index >= 15 is 0 Å². The highest BCUT2D eigenvalue weighted by molar-refractivity contribution is 7.98. The lowest BCUT2D eigenvalue weighted by atomic mass is 10.2. The van der Waals surface area contributed by atoms with E-state index in [-0.39, 0.29) is 5.78 Å². The number of thioether (sulfide) groups is 1. The molecule has 0 fully saturated rings. The Kier molecular flexibility index (Phi) is 4.21. The van der Waals surface area contributed by atoms with Gasteiger partial charge in [0.1, 0.15) is 0 Å². The average molecular weight is 256 g/mol. The molecule has 0 saturated heterocycles. The summed E-state index contributed by atoms with van der Waals surface area (Å²) in [7, 11) is 0. The topological polar surface area (TPSA) is 17.1 Å². The summed E-state index contributed by atoms with van der Waals surface area (Å²) in [6.45, 7) is 3.70. The second-order valence-corrected chi connectivity index (χ2v) is 5.41. The first-order valence-corrected chi connectivity index (χ1v) is 6.93. The monoisotopic (exact) mass is 256 g/mol. The molecule has 0 aliphatic heterocycles. The van der Waals surface area contributed by atoms with Crippen molar-refractivity contribution in [2.45, 2.75) is 24.5 Å². The molecule has 1 nitrogen and oxygen atoms in total. The van der Waals surface area contributed by atoms with Gasteiger partial charge in [0.25, 0.3) is 0 Å². The summed E-state index contributed by atoms with van der Waals surface area (Å²) in [6, 6.07) is 16.3. The molecule has 2 heteroatoms. The van der Waals surface area contributed by atoms with E-state index in [4.69, 9.17) is 0 Å². The van der Waals surface area contributed by atoms with Crippen LogP contribution in [0.2, 0.25) is 0 Å². The maximum absolute atomic E-state index is 11.2. The molecule has 0 aromatic heterocycles. The van der Waals surface area contributed by atoms with Crippen LogP contribution in [0.5, 0.6) is 0 Å². The van der Waals surface area contributed by atoms with Crippen LogP contribution in [0.1, 0.15) is 28.4 Å². The lowest BCUT2D eigenvalue weighted by Crippen LogP contribution is -1.90. The molecule has 0 bridgehead atoms. The normalized spacial score (nSPS) is 10.3. The van der Waals surface area contributed by atoms with Gasteiger partial charge in [-0.25, -0.2) is 0 Å². The molecule has 0 radical (unpaired) electrons. The van der Waals surface area contributed by atoms with E-state index in [1.807, 2.05) is 24.3 Å². The Morgan fingerprint density at radius 2 is 1.83 bits per heavy atom. The summed E-state index contributed by atoms with van der Waals surface area (Å²) in [4.78, 5) is 12.4. The van der Waals surface area contributed by atoms with Crippen LogP contribution in [0.25, 0.3) is 0 Å². The Morgan fingerprint density at radius 1 is 1.11 bits per heavy atom. The smallest absolute Gasteiger partial charge is 0.159 e. The number of ketones is 1. The van der Waals surface area contributed by atoms with Crippen molar-refractivity contribution in [1.82, 2.24) is 0 Å². The third-order valence-corrected chi connectivity index (χ3v) is 3.83. The van der Waals surface area contributed by atoms with Crippen molar-refractivity contribution in [2.75, 3.05) is 0 Å². The number of carbonyl (C=O) groups excluding carboxylic acids is 1. The maximum Gasteiger partial charge on any atom is 0.159 e. The molecule has 0 N–H and O–H groups in total. The van der Waals surface area contributed by atoms with Crippen LogP contribution >= 0.6 is 11.8 Å². The summed E-state index contributed by atoms with van der Waals surface area (Å²) in [6.07, 6.45) is 0. The van der Waals surface area contributed by atoms with Crippen LogP contribution in [0.4, 0.5) is 0 Å². The minimum atomic E-state index is 0.116. The van der Waals surface area contributed by atoms with Gasteiger partial charge in [-0.2, -0.15) is 0 Å². The van der Waals surface area contributed by atoms with Crippen molar-refractivity contribution < 1.29 is 4.79 Å². The lowest BCUT2D eigenvalue weighted by Gasteiger charge is -2.04. The molecule has 0 atom stereocenters. The van der Waals surface area contributed by atoms with Crippen LogP contribution in [0.15, 0.2) is 53.4 Å². The Balaban J connectivity index is 2.00. The van der Waals surface area contributed by atoms with Crippen molar-refractivity contribution in [2.24, 2.45) is 0 Å². The largest absolute Gasteiger partial charge is 0.295 e. The van der Waals surface area contributed by atoms with Gasteiger partial charge in [-0.3, -0.25) is 4.79 Å². The van der Waals surface area contributed by atoms with Gasteiger partial charge in [-0.15, -0.1) is 11.8 Å². The van der Waals surface area contributed by atoms with E-state index in [0.29, 0.717) is 0 Å². The molecule has 0 unspecified atom stereocenters.